The average Bonchev–Trinajstić information content (AvgIpc) is 3.08. The minimum absolute atomic E-state index is 0.0380. The van der Waals surface area contributed by atoms with Crippen molar-refractivity contribution in [3.63, 3.8) is 0 Å². The SMILES string of the molecule is O=c1c2c(-c3ccccc3)csc2ncn1CCc1ccccc1. The van der Waals surface area contributed by atoms with Gasteiger partial charge < -0.3 is 0 Å². The van der Waals surface area contributed by atoms with Gasteiger partial charge in [-0.2, -0.15) is 0 Å². The Morgan fingerprint density at radius 3 is 2.42 bits per heavy atom. The largest absolute Gasteiger partial charge is 0.298 e. The average molecular weight is 332 g/mol. The fraction of sp³-hybridized carbons (Fsp3) is 0.100. The Morgan fingerprint density at radius 2 is 1.67 bits per heavy atom. The second-order valence-corrected chi connectivity index (χ2v) is 6.53. The maximum atomic E-state index is 12.9. The first-order chi connectivity index (χ1) is 11.8. The predicted octanol–water partition coefficient (Wildman–Crippen LogP) is 4.37. The van der Waals surface area contributed by atoms with Crippen molar-refractivity contribution in [3.05, 3.63) is 88.3 Å². The van der Waals surface area contributed by atoms with E-state index in [0.717, 1.165) is 27.8 Å². The molecular weight excluding hydrogens is 316 g/mol. The van der Waals surface area contributed by atoms with Gasteiger partial charge >= 0.3 is 0 Å². The monoisotopic (exact) mass is 332 g/mol. The van der Waals surface area contributed by atoms with Gasteiger partial charge in [0.15, 0.2) is 0 Å². The van der Waals surface area contributed by atoms with Crippen molar-refractivity contribution < 1.29 is 0 Å². The Hall–Kier alpha value is -2.72. The van der Waals surface area contributed by atoms with Crippen LogP contribution in [0.15, 0.2) is 77.2 Å². The summed E-state index contributed by atoms with van der Waals surface area (Å²) in [7, 11) is 0. The van der Waals surface area contributed by atoms with Crippen molar-refractivity contribution in [2.45, 2.75) is 13.0 Å². The molecule has 2 aromatic heterocycles. The lowest BCUT2D eigenvalue weighted by Gasteiger charge is -2.06. The Bertz CT molecular complexity index is 1020. The van der Waals surface area contributed by atoms with Crippen LogP contribution in [0.3, 0.4) is 0 Å². The maximum Gasteiger partial charge on any atom is 0.262 e. The Balaban J connectivity index is 1.73. The van der Waals surface area contributed by atoms with E-state index in [1.807, 2.05) is 53.9 Å². The molecule has 0 fully saturated rings. The van der Waals surface area contributed by atoms with Crippen molar-refractivity contribution in [3.8, 4) is 11.1 Å². The smallest absolute Gasteiger partial charge is 0.262 e. The van der Waals surface area contributed by atoms with Crippen LogP contribution in [0.4, 0.5) is 0 Å². The summed E-state index contributed by atoms with van der Waals surface area (Å²) >= 11 is 1.52. The number of hydrogen-bond donors (Lipinski definition) is 0. The molecule has 0 spiro atoms. The minimum atomic E-state index is 0.0380. The van der Waals surface area contributed by atoms with E-state index in [4.69, 9.17) is 0 Å². The van der Waals surface area contributed by atoms with E-state index in [0.29, 0.717) is 6.54 Å². The molecule has 0 radical (unpaired) electrons. The molecule has 0 aliphatic carbocycles. The number of hydrogen-bond acceptors (Lipinski definition) is 3. The second-order valence-electron chi connectivity index (χ2n) is 5.67. The Labute approximate surface area is 143 Å². The van der Waals surface area contributed by atoms with Gasteiger partial charge in [0.05, 0.1) is 11.7 Å². The summed E-state index contributed by atoms with van der Waals surface area (Å²) in [6, 6.07) is 20.2. The zero-order chi connectivity index (χ0) is 16.4. The van der Waals surface area contributed by atoms with Crippen LogP contribution in [0, 0.1) is 0 Å². The standard InChI is InChI=1S/C20H16N2OS/c23-20-18-17(16-9-5-2-6-10-16)13-24-19(18)21-14-22(20)12-11-15-7-3-1-4-8-15/h1-10,13-14H,11-12H2. The van der Waals surface area contributed by atoms with E-state index >= 15 is 0 Å². The van der Waals surface area contributed by atoms with Crippen molar-refractivity contribution in [1.82, 2.24) is 9.55 Å². The van der Waals surface area contributed by atoms with Crippen LogP contribution in [0.5, 0.6) is 0 Å². The number of aryl methyl sites for hydroxylation is 2. The van der Waals surface area contributed by atoms with Gasteiger partial charge in [0.1, 0.15) is 4.83 Å². The summed E-state index contributed by atoms with van der Waals surface area (Å²) in [4.78, 5) is 18.2. The molecule has 118 valence electrons. The van der Waals surface area contributed by atoms with Crippen molar-refractivity contribution in [1.29, 1.82) is 0 Å². The molecule has 0 N–H and O–H groups in total. The van der Waals surface area contributed by atoms with Crippen molar-refractivity contribution in [2.24, 2.45) is 0 Å². The van der Waals surface area contributed by atoms with E-state index in [9.17, 15) is 4.79 Å². The van der Waals surface area contributed by atoms with Crippen LogP contribution in [0.25, 0.3) is 21.3 Å². The molecule has 2 heterocycles. The molecule has 0 unspecified atom stereocenters. The zero-order valence-electron chi connectivity index (χ0n) is 13.1. The number of thiophene rings is 1. The molecular formula is C20H16N2OS. The summed E-state index contributed by atoms with van der Waals surface area (Å²) in [5.41, 5.74) is 3.29. The highest BCUT2D eigenvalue weighted by atomic mass is 32.1. The van der Waals surface area contributed by atoms with Gasteiger partial charge in [-0.05, 0) is 17.5 Å². The summed E-state index contributed by atoms with van der Waals surface area (Å²) in [6.45, 7) is 0.635. The number of fused-ring (bicyclic) bond motifs is 1. The fourth-order valence-corrected chi connectivity index (χ4v) is 3.76. The predicted molar refractivity (Wildman–Crippen MR) is 99.5 cm³/mol. The highest BCUT2D eigenvalue weighted by Crippen LogP contribution is 2.30. The maximum absolute atomic E-state index is 12.9. The summed E-state index contributed by atoms with van der Waals surface area (Å²) in [6.07, 6.45) is 2.48. The van der Waals surface area contributed by atoms with Gasteiger partial charge in [-0.25, -0.2) is 4.98 Å². The molecule has 3 nitrogen and oxygen atoms in total. The molecule has 4 rings (SSSR count). The molecule has 2 aromatic carbocycles. The molecule has 0 bridgehead atoms. The number of rotatable bonds is 4. The Kier molecular flexibility index (Phi) is 3.97. The van der Waals surface area contributed by atoms with Crippen LogP contribution >= 0.6 is 11.3 Å². The van der Waals surface area contributed by atoms with Gasteiger partial charge in [-0.15, -0.1) is 11.3 Å². The van der Waals surface area contributed by atoms with Crippen molar-refractivity contribution in [2.75, 3.05) is 0 Å². The highest BCUT2D eigenvalue weighted by molar-refractivity contribution is 7.17. The molecule has 0 atom stereocenters. The fourth-order valence-electron chi connectivity index (χ4n) is 2.85. The van der Waals surface area contributed by atoms with E-state index in [1.165, 1.54) is 16.9 Å². The van der Waals surface area contributed by atoms with Gasteiger partial charge in [-0.3, -0.25) is 9.36 Å². The topological polar surface area (TPSA) is 34.9 Å². The summed E-state index contributed by atoms with van der Waals surface area (Å²) < 4.78 is 1.72. The summed E-state index contributed by atoms with van der Waals surface area (Å²) in [5.74, 6) is 0. The third-order valence-corrected chi connectivity index (χ3v) is 5.02. The number of aromatic nitrogens is 2. The third kappa shape index (κ3) is 2.76. The first kappa shape index (κ1) is 14.8. The highest BCUT2D eigenvalue weighted by Gasteiger charge is 2.12. The summed E-state index contributed by atoms with van der Waals surface area (Å²) in [5, 5.41) is 2.75. The molecule has 0 amide bonds. The lowest BCUT2D eigenvalue weighted by atomic mass is 10.1. The third-order valence-electron chi connectivity index (χ3n) is 4.13. The van der Waals surface area contributed by atoms with Gasteiger partial charge in [0, 0.05) is 17.5 Å². The van der Waals surface area contributed by atoms with Crippen LogP contribution in [0.1, 0.15) is 5.56 Å². The van der Waals surface area contributed by atoms with Gasteiger partial charge in [-0.1, -0.05) is 60.7 Å². The first-order valence-electron chi connectivity index (χ1n) is 7.89. The normalized spacial score (nSPS) is 11.0. The molecule has 0 aliphatic heterocycles. The van der Waals surface area contributed by atoms with Crippen LogP contribution in [-0.2, 0) is 13.0 Å². The molecule has 0 aliphatic rings. The first-order valence-corrected chi connectivity index (χ1v) is 8.77. The van der Waals surface area contributed by atoms with E-state index in [-0.39, 0.29) is 5.56 Å². The van der Waals surface area contributed by atoms with E-state index in [2.05, 4.69) is 17.1 Å². The lowest BCUT2D eigenvalue weighted by Crippen LogP contribution is -2.21. The Morgan fingerprint density at radius 1 is 0.958 bits per heavy atom. The number of benzene rings is 2. The molecule has 24 heavy (non-hydrogen) atoms. The van der Waals surface area contributed by atoms with Gasteiger partial charge in [0.2, 0.25) is 0 Å². The van der Waals surface area contributed by atoms with Crippen molar-refractivity contribution >= 4 is 21.6 Å². The van der Waals surface area contributed by atoms with Crippen LogP contribution < -0.4 is 5.56 Å². The molecule has 0 saturated carbocycles. The van der Waals surface area contributed by atoms with Crippen LogP contribution in [-0.4, -0.2) is 9.55 Å². The molecule has 4 aromatic rings. The van der Waals surface area contributed by atoms with E-state index in [1.54, 1.807) is 10.9 Å². The van der Waals surface area contributed by atoms with E-state index < -0.39 is 0 Å². The molecule has 0 saturated heterocycles. The second kappa shape index (κ2) is 6.42. The lowest BCUT2D eigenvalue weighted by molar-refractivity contribution is 0.663. The van der Waals surface area contributed by atoms with Gasteiger partial charge in [0.25, 0.3) is 5.56 Å². The molecule has 4 heteroatoms. The number of nitrogens with zero attached hydrogens (tertiary/aromatic N) is 2. The zero-order valence-corrected chi connectivity index (χ0v) is 13.9. The minimum Gasteiger partial charge on any atom is -0.298 e. The quantitative estimate of drug-likeness (QED) is 0.556. The van der Waals surface area contributed by atoms with Crippen LogP contribution in [0.2, 0.25) is 0 Å².